The normalized spacial score (nSPS) is 11.6. The molecule has 2 aromatic carbocycles. The molecule has 0 fully saturated rings. The number of anilines is 2. The number of nitrogens with zero attached hydrogens (tertiary/aromatic N) is 1. The van der Waals surface area contributed by atoms with E-state index in [0.717, 1.165) is 12.1 Å². The van der Waals surface area contributed by atoms with E-state index < -0.39 is 30.9 Å². The van der Waals surface area contributed by atoms with Crippen molar-refractivity contribution in [2.24, 2.45) is 5.41 Å². The molecule has 0 radical (unpaired) electrons. The minimum Gasteiger partial charge on any atom is -0.497 e. The van der Waals surface area contributed by atoms with E-state index >= 15 is 0 Å². The van der Waals surface area contributed by atoms with E-state index in [-0.39, 0.29) is 17.3 Å². The van der Waals surface area contributed by atoms with Gasteiger partial charge in [0.1, 0.15) is 5.75 Å². The Bertz CT molecular complexity index is 1010. The number of nitro benzene ring substituents is 1. The van der Waals surface area contributed by atoms with Gasteiger partial charge in [-0.3, -0.25) is 19.6 Å². The summed E-state index contributed by atoms with van der Waals surface area (Å²) in [5.74, 6) is -0.0733. The molecule has 150 valence electrons. The molecule has 0 aliphatic rings. The second-order valence-electron chi connectivity index (χ2n) is 6.98. The zero-order valence-corrected chi connectivity index (χ0v) is 16.7. The average molecular weight is 407 g/mol. The SMILES string of the molecule is COc1ccc(S(=O)(=O)Nc2cccc(NC(=O)C(C)(C)C)c2)c([N+](=O)[O-])c1. The predicted octanol–water partition coefficient (Wildman–Crippen LogP) is 3.39. The van der Waals surface area contributed by atoms with Gasteiger partial charge in [-0.25, -0.2) is 8.42 Å². The molecule has 10 heteroatoms. The number of hydrogen-bond donors (Lipinski definition) is 2. The fraction of sp³-hybridized carbons (Fsp3) is 0.278. The molecule has 0 atom stereocenters. The van der Waals surface area contributed by atoms with E-state index in [1.165, 1.54) is 25.3 Å². The van der Waals surface area contributed by atoms with Crippen LogP contribution in [0.1, 0.15) is 20.8 Å². The number of sulfonamides is 1. The van der Waals surface area contributed by atoms with Gasteiger partial charge in [-0.2, -0.15) is 0 Å². The summed E-state index contributed by atoms with van der Waals surface area (Å²) in [6, 6.07) is 9.52. The number of rotatable bonds is 6. The van der Waals surface area contributed by atoms with Crippen LogP contribution in [0.15, 0.2) is 47.4 Å². The molecule has 2 aromatic rings. The van der Waals surface area contributed by atoms with E-state index in [9.17, 15) is 23.3 Å². The number of nitro groups is 1. The Morgan fingerprint density at radius 1 is 1.11 bits per heavy atom. The van der Waals surface area contributed by atoms with E-state index in [2.05, 4.69) is 10.0 Å². The van der Waals surface area contributed by atoms with Crippen molar-refractivity contribution in [3.05, 3.63) is 52.6 Å². The zero-order valence-electron chi connectivity index (χ0n) is 15.8. The van der Waals surface area contributed by atoms with Gasteiger partial charge in [-0.1, -0.05) is 26.8 Å². The predicted molar refractivity (Wildman–Crippen MR) is 105 cm³/mol. The van der Waals surface area contributed by atoms with Gasteiger partial charge in [-0.15, -0.1) is 0 Å². The van der Waals surface area contributed by atoms with E-state index in [1.54, 1.807) is 32.9 Å². The number of amides is 1. The lowest BCUT2D eigenvalue weighted by Gasteiger charge is -2.18. The molecule has 2 N–H and O–H groups in total. The van der Waals surface area contributed by atoms with Crippen LogP contribution in [0.2, 0.25) is 0 Å². The van der Waals surface area contributed by atoms with Crippen molar-refractivity contribution in [3.63, 3.8) is 0 Å². The molecule has 9 nitrogen and oxygen atoms in total. The largest absolute Gasteiger partial charge is 0.497 e. The smallest absolute Gasteiger partial charge is 0.293 e. The monoisotopic (exact) mass is 407 g/mol. The lowest BCUT2D eigenvalue weighted by molar-refractivity contribution is -0.387. The summed E-state index contributed by atoms with van der Waals surface area (Å²) in [5.41, 5.74) is -0.690. The van der Waals surface area contributed by atoms with Gasteiger partial charge < -0.3 is 10.1 Å². The fourth-order valence-corrected chi connectivity index (χ4v) is 3.39. The quantitative estimate of drug-likeness (QED) is 0.558. The highest BCUT2D eigenvalue weighted by atomic mass is 32.2. The first kappa shape index (κ1) is 21.2. The Hall–Kier alpha value is -3.14. The highest BCUT2D eigenvalue weighted by Crippen LogP contribution is 2.30. The number of methoxy groups -OCH3 is 1. The van der Waals surface area contributed by atoms with Crippen LogP contribution in [-0.4, -0.2) is 26.4 Å². The van der Waals surface area contributed by atoms with E-state index in [0.29, 0.717) is 5.69 Å². The molecule has 0 heterocycles. The van der Waals surface area contributed by atoms with Crippen LogP contribution in [0.4, 0.5) is 17.1 Å². The fourth-order valence-electron chi connectivity index (χ4n) is 2.18. The number of hydrogen-bond acceptors (Lipinski definition) is 6. The number of carbonyl (C=O) groups is 1. The lowest BCUT2D eigenvalue weighted by Crippen LogP contribution is -2.27. The Balaban J connectivity index is 2.34. The van der Waals surface area contributed by atoms with Gasteiger partial charge in [0.05, 0.1) is 23.8 Å². The third-order valence-corrected chi connectivity index (χ3v) is 5.13. The summed E-state index contributed by atoms with van der Waals surface area (Å²) < 4.78 is 32.6. The molecule has 1 amide bonds. The Morgan fingerprint density at radius 2 is 1.75 bits per heavy atom. The highest BCUT2D eigenvalue weighted by Gasteiger charge is 2.27. The van der Waals surface area contributed by atoms with Crippen LogP contribution in [0.5, 0.6) is 5.75 Å². The molecule has 0 saturated carbocycles. The Labute approximate surface area is 162 Å². The molecule has 0 aliphatic heterocycles. The Morgan fingerprint density at radius 3 is 2.32 bits per heavy atom. The first-order chi connectivity index (χ1) is 12.9. The van der Waals surface area contributed by atoms with Crippen molar-refractivity contribution in [2.45, 2.75) is 25.7 Å². The number of nitrogens with one attached hydrogen (secondary N) is 2. The summed E-state index contributed by atoms with van der Waals surface area (Å²) in [6.45, 7) is 5.24. The van der Waals surface area contributed by atoms with Gasteiger partial charge in [0.15, 0.2) is 4.90 Å². The second-order valence-corrected chi connectivity index (χ2v) is 8.63. The van der Waals surface area contributed by atoms with E-state index in [1.807, 2.05) is 0 Å². The summed E-state index contributed by atoms with van der Waals surface area (Å²) in [7, 11) is -2.93. The van der Waals surface area contributed by atoms with Crippen molar-refractivity contribution < 1.29 is 22.9 Å². The van der Waals surface area contributed by atoms with Crippen molar-refractivity contribution in [1.82, 2.24) is 0 Å². The van der Waals surface area contributed by atoms with Crippen LogP contribution in [0.3, 0.4) is 0 Å². The molecule has 0 spiro atoms. The summed E-state index contributed by atoms with van der Waals surface area (Å²) in [5, 5.41) is 14.0. The molecule has 0 bridgehead atoms. The first-order valence-electron chi connectivity index (χ1n) is 8.21. The van der Waals surface area contributed by atoms with Crippen molar-refractivity contribution >= 4 is 33.0 Å². The topological polar surface area (TPSA) is 128 Å². The Kier molecular flexibility index (Phi) is 5.93. The molecular formula is C18H21N3O6S. The zero-order chi connectivity index (χ0) is 21.1. The standard InChI is InChI=1S/C18H21N3O6S/c1-18(2,3)17(22)19-12-6-5-7-13(10-12)20-28(25,26)16-9-8-14(27-4)11-15(16)21(23)24/h5-11,20H,1-4H3,(H,19,22). The second kappa shape index (κ2) is 7.85. The summed E-state index contributed by atoms with van der Waals surface area (Å²) >= 11 is 0. The van der Waals surface area contributed by atoms with Crippen molar-refractivity contribution in [1.29, 1.82) is 0 Å². The summed E-state index contributed by atoms with van der Waals surface area (Å²) in [4.78, 5) is 22.1. The van der Waals surface area contributed by atoms with Crippen LogP contribution < -0.4 is 14.8 Å². The third-order valence-electron chi connectivity index (χ3n) is 3.71. The molecule has 28 heavy (non-hydrogen) atoms. The minimum atomic E-state index is -4.25. The molecule has 0 unspecified atom stereocenters. The van der Waals surface area contributed by atoms with Crippen molar-refractivity contribution in [3.8, 4) is 5.75 Å². The van der Waals surface area contributed by atoms with Gasteiger partial charge in [0.25, 0.3) is 15.7 Å². The number of ether oxygens (including phenoxy) is 1. The van der Waals surface area contributed by atoms with Gasteiger partial charge in [-0.05, 0) is 30.3 Å². The average Bonchev–Trinajstić information content (AvgIpc) is 2.60. The molecular weight excluding hydrogens is 386 g/mol. The minimum absolute atomic E-state index is 0.150. The van der Waals surface area contributed by atoms with Gasteiger partial charge in [0.2, 0.25) is 5.91 Å². The van der Waals surface area contributed by atoms with E-state index in [4.69, 9.17) is 4.74 Å². The lowest BCUT2D eigenvalue weighted by atomic mass is 9.95. The van der Waals surface area contributed by atoms with Gasteiger partial charge in [0, 0.05) is 11.1 Å². The highest BCUT2D eigenvalue weighted by molar-refractivity contribution is 7.92. The molecule has 0 aliphatic carbocycles. The van der Waals surface area contributed by atoms with Crippen LogP contribution in [0, 0.1) is 15.5 Å². The maximum Gasteiger partial charge on any atom is 0.293 e. The van der Waals surface area contributed by atoms with Crippen molar-refractivity contribution in [2.75, 3.05) is 17.1 Å². The van der Waals surface area contributed by atoms with Crippen LogP contribution >= 0.6 is 0 Å². The third kappa shape index (κ3) is 4.97. The summed E-state index contributed by atoms with van der Waals surface area (Å²) in [6.07, 6.45) is 0. The number of carbonyl (C=O) groups excluding carboxylic acids is 1. The maximum absolute atomic E-state index is 12.7. The number of benzene rings is 2. The van der Waals surface area contributed by atoms with Gasteiger partial charge >= 0.3 is 0 Å². The van der Waals surface area contributed by atoms with Crippen LogP contribution in [-0.2, 0) is 14.8 Å². The first-order valence-corrected chi connectivity index (χ1v) is 9.69. The molecule has 0 aromatic heterocycles. The maximum atomic E-state index is 12.7. The molecule has 0 saturated heterocycles. The van der Waals surface area contributed by atoms with Crippen LogP contribution in [0.25, 0.3) is 0 Å². The molecule has 2 rings (SSSR count).